The monoisotopic (exact) mass is 244 g/mol. The number of carbonyl (C=O) groups excluding carboxylic acids is 1. The predicted octanol–water partition coefficient (Wildman–Crippen LogP) is 1.17. The first-order chi connectivity index (χ1) is 6.97. The van der Waals surface area contributed by atoms with Crippen molar-refractivity contribution in [1.29, 1.82) is 0 Å². The smallest absolute Gasteiger partial charge is 0.415 e. The van der Waals surface area contributed by atoms with Crippen LogP contribution in [0.15, 0.2) is 0 Å². The lowest BCUT2D eigenvalue weighted by molar-refractivity contribution is -0.173. The van der Waals surface area contributed by atoms with Crippen molar-refractivity contribution < 1.29 is 33.0 Å². The Balaban J connectivity index is 2.47. The molecule has 5 nitrogen and oxygen atoms in total. The molecular formula is C7H10F2O5S. The van der Waals surface area contributed by atoms with E-state index in [9.17, 15) is 18.7 Å². The van der Waals surface area contributed by atoms with Crippen LogP contribution in [0.4, 0.5) is 8.78 Å². The maximum absolute atomic E-state index is 12.7. The lowest BCUT2D eigenvalue weighted by Gasteiger charge is -2.18. The number of rotatable bonds is 4. The fourth-order valence-electron chi connectivity index (χ4n) is 1.33. The molecule has 0 spiro atoms. The summed E-state index contributed by atoms with van der Waals surface area (Å²) >= 11 is -0.708. The third kappa shape index (κ3) is 3.26. The minimum Gasteiger partial charge on any atom is -0.454 e. The van der Waals surface area contributed by atoms with E-state index in [0.717, 1.165) is 0 Å². The quantitative estimate of drug-likeness (QED) is 0.334. The Morgan fingerprint density at radius 2 is 2.13 bits per heavy atom. The summed E-state index contributed by atoms with van der Waals surface area (Å²) in [6, 6.07) is 0. The highest BCUT2D eigenvalue weighted by Gasteiger charge is 2.46. The standard InChI is InChI=1S/C7H10F2O5S/c8-7(9,15-14-12)6(11)13-5-3-1-2-4(5)10/h4-5,10,12H,1-3H2. The molecule has 0 heterocycles. The van der Waals surface area contributed by atoms with Gasteiger partial charge in [-0.3, -0.25) is 0 Å². The molecule has 15 heavy (non-hydrogen) atoms. The molecule has 8 heteroatoms. The van der Waals surface area contributed by atoms with Crippen molar-refractivity contribution >= 4 is 18.0 Å². The molecule has 1 fully saturated rings. The van der Waals surface area contributed by atoms with Crippen LogP contribution in [0.2, 0.25) is 0 Å². The number of hydrogen-bond donors (Lipinski definition) is 2. The van der Waals surface area contributed by atoms with Crippen molar-refractivity contribution in [2.45, 2.75) is 36.7 Å². The van der Waals surface area contributed by atoms with Crippen LogP contribution in [-0.2, 0) is 13.9 Å². The molecule has 0 amide bonds. The van der Waals surface area contributed by atoms with Gasteiger partial charge in [-0.25, -0.2) is 10.1 Å². The van der Waals surface area contributed by atoms with E-state index in [2.05, 4.69) is 9.07 Å². The highest BCUT2D eigenvalue weighted by Crippen LogP contribution is 2.32. The highest BCUT2D eigenvalue weighted by atomic mass is 32.2. The summed E-state index contributed by atoms with van der Waals surface area (Å²) in [5.41, 5.74) is 0. The first-order valence-corrected chi connectivity index (χ1v) is 4.97. The number of aliphatic hydroxyl groups excluding tert-OH is 1. The van der Waals surface area contributed by atoms with Gasteiger partial charge in [-0.15, -0.1) is 0 Å². The van der Waals surface area contributed by atoms with Gasteiger partial charge in [-0.2, -0.15) is 13.1 Å². The normalized spacial score (nSPS) is 26.7. The number of alkyl halides is 2. The van der Waals surface area contributed by atoms with Gasteiger partial charge in [0.05, 0.1) is 6.10 Å². The second-order valence-electron chi connectivity index (χ2n) is 3.12. The van der Waals surface area contributed by atoms with Crippen LogP contribution in [0, 0.1) is 0 Å². The van der Waals surface area contributed by atoms with Crippen LogP contribution in [0.1, 0.15) is 19.3 Å². The lowest BCUT2D eigenvalue weighted by atomic mass is 10.3. The number of hydrogen-bond acceptors (Lipinski definition) is 6. The van der Waals surface area contributed by atoms with Gasteiger partial charge in [0.2, 0.25) is 0 Å². The fraction of sp³-hybridized carbons (Fsp3) is 0.857. The van der Waals surface area contributed by atoms with Crippen molar-refractivity contribution in [3.63, 3.8) is 0 Å². The van der Waals surface area contributed by atoms with Gasteiger partial charge in [-0.1, -0.05) is 0 Å². The van der Waals surface area contributed by atoms with Gasteiger partial charge in [0, 0.05) is 0 Å². The van der Waals surface area contributed by atoms with Crippen LogP contribution in [0.5, 0.6) is 0 Å². The molecule has 0 aliphatic heterocycles. The van der Waals surface area contributed by atoms with Crippen LogP contribution >= 0.6 is 12.0 Å². The SMILES string of the molecule is O=C(OC1CCCC1O)C(F)(F)SOO. The second-order valence-corrected chi connectivity index (χ2v) is 3.95. The van der Waals surface area contributed by atoms with Crippen molar-refractivity contribution in [3.05, 3.63) is 0 Å². The minimum absolute atomic E-state index is 0.355. The molecule has 1 rings (SSSR count). The average molecular weight is 244 g/mol. The molecular weight excluding hydrogens is 234 g/mol. The zero-order valence-electron chi connectivity index (χ0n) is 7.56. The lowest BCUT2D eigenvalue weighted by Crippen LogP contribution is -2.34. The van der Waals surface area contributed by atoms with Crippen LogP contribution in [0.3, 0.4) is 0 Å². The largest absolute Gasteiger partial charge is 0.454 e. The molecule has 0 bridgehead atoms. The summed E-state index contributed by atoms with van der Waals surface area (Å²) in [6.07, 6.45) is -0.401. The number of aliphatic hydroxyl groups is 1. The van der Waals surface area contributed by atoms with Crippen molar-refractivity contribution in [2.75, 3.05) is 0 Å². The maximum atomic E-state index is 12.7. The summed E-state index contributed by atoms with van der Waals surface area (Å²) < 4.78 is 33.0. The Morgan fingerprint density at radius 3 is 2.60 bits per heavy atom. The third-order valence-corrected chi connectivity index (χ3v) is 2.51. The summed E-state index contributed by atoms with van der Waals surface area (Å²) in [5.74, 6) is -1.83. The van der Waals surface area contributed by atoms with Gasteiger partial charge >= 0.3 is 11.2 Å². The van der Waals surface area contributed by atoms with E-state index in [-0.39, 0.29) is 0 Å². The van der Waals surface area contributed by atoms with E-state index >= 15 is 0 Å². The molecule has 1 saturated carbocycles. The van der Waals surface area contributed by atoms with Gasteiger partial charge < -0.3 is 9.84 Å². The van der Waals surface area contributed by atoms with Gasteiger partial charge in [-0.05, 0) is 19.3 Å². The minimum atomic E-state index is -3.98. The van der Waals surface area contributed by atoms with E-state index in [1.165, 1.54) is 0 Å². The summed E-state index contributed by atoms with van der Waals surface area (Å²) in [4.78, 5) is 10.9. The number of ether oxygens (including phenoxy) is 1. The summed E-state index contributed by atoms with van der Waals surface area (Å²) in [5, 5.41) is 13.0. The Hall–Kier alpha value is -0.440. The van der Waals surface area contributed by atoms with E-state index in [1.807, 2.05) is 0 Å². The number of esters is 1. The molecule has 0 aromatic rings. The molecule has 0 radical (unpaired) electrons. The summed E-state index contributed by atoms with van der Waals surface area (Å²) in [6.45, 7) is 0. The van der Waals surface area contributed by atoms with Crippen LogP contribution in [-0.4, -0.2) is 33.8 Å². The topological polar surface area (TPSA) is 76.0 Å². The molecule has 0 aromatic carbocycles. The zero-order chi connectivity index (χ0) is 11.5. The molecule has 1 aliphatic rings. The molecule has 0 aromatic heterocycles. The van der Waals surface area contributed by atoms with Crippen molar-refractivity contribution in [2.24, 2.45) is 0 Å². The maximum Gasteiger partial charge on any atom is 0.415 e. The fourth-order valence-corrected chi connectivity index (χ4v) is 1.54. The third-order valence-electron chi connectivity index (χ3n) is 2.06. The first-order valence-electron chi connectivity index (χ1n) is 4.23. The van der Waals surface area contributed by atoms with E-state index in [0.29, 0.717) is 19.3 Å². The van der Waals surface area contributed by atoms with Gasteiger partial charge in [0.1, 0.15) is 18.1 Å². The van der Waals surface area contributed by atoms with Crippen LogP contribution in [0.25, 0.3) is 0 Å². The molecule has 1 aliphatic carbocycles. The molecule has 2 N–H and O–H groups in total. The highest BCUT2D eigenvalue weighted by molar-refractivity contribution is 7.96. The van der Waals surface area contributed by atoms with Gasteiger partial charge in [0.15, 0.2) is 0 Å². The Labute approximate surface area is 88.5 Å². The van der Waals surface area contributed by atoms with Crippen LogP contribution < -0.4 is 0 Å². The summed E-state index contributed by atoms with van der Waals surface area (Å²) in [7, 11) is 0. The Bertz CT molecular complexity index is 237. The van der Waals surface area contributed by atoms with Crippen molar-refractivity contribution in [1.82, 2.24) is 0 Å². The van der Waals surface area contributed by atoms with E-state index < -0.39 is 35.5 Å². The van der Waals surface area contributed by atoms with Gasteiger partial charge in [0.25, 0.3) is 0 Å². The predicted molar refractivity (Wildman–Crippen MR) is 46.0 cm³/mol. The van der Waals surface area contributed by atoms with E-state index in [1.54, 1.807) is 0 Å². The Kier molecular flexibility index (Phi) is 4.26. The molecule has 2 unspecified atom stereocenters. The molecule has 2 atom stereocenters. The zero-order valence-corrected chi connectivity index (χ0v) is 8.38. The number of halogens is 2. The number of carbonyl (C=O) groups is 1. The average Bonchev–Trinajstić information content (AvgIpc) is 2.52. The van der Waals surface area contributed by atoms with Crippen molar-refractivity contribution in [3.8, 4) is 0 Å². The molecule has 0 saturated heterocycles. The molecule has 88 valence electrons. The second kappa shape index (κ2) is 5.06. The Morgan fingerprint density at radius 1 is 1.47 bits per heavy atom. The first kappa shape index (κ1) is 12.6. The van der Waals surface area contributed by atoms with E-state index in [4.69, 9.17) is 5.26 Å².